The lowest BCUT2D eigenvalue weighted by atomic mass is 9.98. The summed E-state index contributed by atoms with van der Waals surface area (Å²) in [6.07, 6.45) is 0.302. The molecule has 1 atom stereocenters. The summed E-state index contributed by atoms with van der Waals surface area (Å²) in [6, 6.07) is 17.5. The first kappa shape index (κ1) is 19.6. The van der Waals surface area contributed by atoms with Crippen molar-refractivity contribution in [1.29, 1.82) is 0 Å². The van der Waals surface area contributed by atoms with E-state index in [-0.39, 0.29) is 5.56 Å². The van der Waals surface area contributed by atoms with E-state index >= 15 is 0 Å². The molecule has 7 heteroatoms. The molecule has 30 heavy (non-hydrogen) atoms. The van der Waals surface area contributed by atoms with Gasteiger partial charge in [-0.3, -0.25) is 18.7 Å². The van der Waals surface area contributed by atoms with E-state index in [0.29, 0.717) is 23.0 Å². The molecule has 0 aliphatic carbocycles. The second-order valence-electron chi connectivity index (χ2n) is 7.12. The number of ether oxygens (including phenoxy) is 1. The topological polar surface area (TPSA) is 96.3 Å². The largest absolute Gasteiger partial charge is 0.468 e. The van der Waals surface area contributed by atoms with Crippen LogP contribution in [0.5, 0.6) is 0 Å². The van der Waals surface area contributed by atoms with E-state index in [9.17, 15) is 14.4 Å². The summed E-state index contributed by atoms with van der Waals surface area (Å²) in [7, 11) is 2.78. The van der Waals surface area contributed by atoms with Gasteiger partial charge in [-0.1, -0.05) is 42.5 Å². The van der Waals surface area contributed by atoms with E-state index in [4.69, 9.17) is 10.5 Å². The predicted molar refractivity (Wildman–Crippen MR) is 116 cm³/mol. The second-order valence-corrected chi connectivity index (χ2v) is 7.12. The number of para-hydroxylation sites is 1. The smallest absolute Gasteiger partial charge is 0.335 e. The number of rotatable bonds is 4. The molecular formula is C23H21N3O4. The Morgan fingerprint density at radius 3 is 2.40 bits per heavy atom. The SMILES string of the molecule is COC(=O)[C@@H](N)Cc1cccc2c(-n3c(=O)n(C)c(=O)c4ccccc43)cccc12. The third-order valence-corrected chi connectivity index (χ3v) is 5.33. The number of nitrogens with zero attached hydrogens (tertiary/aromatic N) is 2. The van der Waals surface area contributed by atoms with Gasteiger partial charge in [-0.15, -0.1) is 0 Å². The van der Waals surface area contributed by atoms with E-state index in [1.165, 1.54) is 14.2 Å². The summed E-state index contributed by atoms with van der Waals surface area (Å²) in [6.45, 7) is 0. The number of fused-ring (bicyclic) bond motifs is 2. The average molecular weight is 403 g/mol. The van der Waals surface area contributed by atoms with Gasteiger partial charge in [0.25, 0.3) is 5.56 Å². The number of carbonyl (C=O) groups excluding carboxylic acids is 1. The van der Waals surface area contributed by atoms with Gasteiger partial charge in [-0.2, -0.15) is 0 Å². The van der Waals surface area contributed by atoms with Gasteiger partial charge in [0.05, 0.1) is 23.7 Å². The van der Waals surface area contributed by atoms with Crippen molar-refractivity contribution in [3.05, 3.63) is 87.1 Å². The zero-order valence-corrected chi connectivity index (χ0v) is 16.7. The highest BCUT2D eigenvalue weighted by atomic mass is 16.5. The molecule has 0 radical (unpaired) electrons. The predicted octanol–water partition coefficient (Wildman–Crippen LogP) is 1.89. The summed E-state index contributed by atoms with van der Waals surface area (Å²) < 4.78 is 7.39. The van der Waals surface area contributed by atoms with Crippen LogP contribution in [0, 0.1) is 0 Å². The molecule has 0 saturated carbocycles. The van der Waals surface area contributed by atoms with E-state index < -0.39 is 17.7 Å². The fourth-order valence-electron chi connectivity index (χ4n) is 3.81. The maximum absolute atomic E-state index is 13.1. The summed E-state index contributed by atoms with van der Waals surface area (Å²) in [4.78, 5) is 37.4. The highest BCUT2D eigenvalue weighted by Gasteiger charge is 2.18. The number of hydrogen-bond acceptors (Lipinski definition) is 5. The van der Waals surface area contributed by atoms with Gasteiger partial charge in [0.1, 0.15) is 6.04 Å². The zero-order valence-electron chi connectivity index (χ0n) is 16.7. The van der Waals surface area contributed by atoms with Gasteiger partial charge >= 0.3 is 11.7 Å². The Morgan fingerprint density at radius 1 is 0.967 bits per heavy atom. The molecule has 3 aromatic carbocycles. The first-order valence-electron chi connectivity index (χ1n) is 9.49. The zero-order chi connectivity index (χ0) is 21.4. The van der Waals surface area contributed by atoms with Crippen LogP contribution in [0.2, 0.25) is 0 Å². The maximum atomic E-state index is 13.1. The van der Waals surface area contributed by atoms with Gasteiger partial charge < -0.3 is 10.5 Å². The number of esters is 1. The van der Waals surface area contributed by atoms with Gasteiger partial charge in [-0.25, -0.2) is 4.79 Å². The number of aromatic nitrogens is 2. The molecule has 0 aliphatic heterocycles. The van der Waals surface area contributed by atoms with Crippen molar-refractivity contribution in [3.8, 4) is 5.69 Å². The van der Waals surface area contributed by atoms with E-state index in [0.717, 1.165) is 20.9 Å². The average Bonchev–Trinajstić information content (AvgIpc) is 2.77. The normalized spacial score (nSPS) is 12.2. The summed E-state index contributed by atoms with van der Waals surface area (Å²) in [5.41, 5.74) is 7.26. The van der Waals surface area contributed by atoms with Gasteiger partial charge in [0, 0.05) is 12.4 Å². The van der Waals surface area contributed by atoms with Gasteiger partial charge in [0.15, 0.2) is 0 Å². The van der Waals surface area contributed by atoms with Crippen molar-refractivity contribution >= 4 is 27.6 Å². The molecule has 0 bridgehead atoms. The molecule has 4 aromatic rings. The maximum Gasteiger partial charge on any atom is 0.335 e. The van der Waals surface area contributed by atoms with E-state index in [1.807, 2.05) is 36.4 Å². The molecule has 0 unspecified atom stereocenters. The van der Waals surface area contributed by atoms with Gasteiger partial charge in [0.2, 0.25) is 0 Å². The fraction of sp³-hybridized carbons (Fsp3) is 0.174. The lowest BCUT2D eigenvalue weighted by Gasteiger charge is -2.16. The Balaban J connectivity index is 2.01. The molecule has 1 aromatic heterocycles. The van der Waals surface area contributed by atoms with E-state index in [2.05, 4.69) is 0 Å². The highest BCUT2D eigenvalue weighted by molar-refractivity contribution is 5.94. The van der Waals surface area contributed by atoms with Crippen molar-refractivity contribution in [2.45, 2.75) is 12.5 Å². The Morgan fingerprint density at radius 2 is 1.63 bits per heavy atom. The molecule has 0 spiro atoms. The van der Waals surface area contributed by atoms with Crippen molar-refractivity contribution in [2.24, 2.45) is 12.8 Å². The molecule has 2 N–H and O–H groups in total. The monoisotopic (exact) mass is 403 g/mol. The van der Waals surface area contributed by atoms with Crippen LogP contribution in [0.4, 0.5) is 0 Å². The van der Waals surface area contributed by atoms with Crippen LogP contribution in [0.3, 0.4) is 0 Å². The highest BCUT2D eigenvalue weighted by Crippen LogP contribution is 2.27. The summed E-state index contributed by atoms with van der Waals surface area (Å²) in [5.74, 6) is -0.483. The van der Waals surface area contributed by atoms with Crippen LogP contribution in [0.1, 0.15) is 5.56 Å². The molecule has 0 aliphatic rings. The molecule has 0 fully saturated rings. The Hall–Kier alpha value is -3.71. The van der Waals surface area contributed by atoms with Crippen LogP contribution < -0.4 is 17.0 Å². The van der Waals surface area contributed by atoms with Crippen molar-refractivity contribution in [1.82, 2.24) is 9.13 Å². The number of methoxy groups -OCH3 is 1. The van der Waals surface area contributed by atoms with Crippen LogP contribution in [-0.4, -0.2) is 28.3 Å². The number of benzene rings is 3. The lowest BCUT2D eigenvalue weighted by Crippen LogP contribution is -2.37. The molecule has 0 saturated heterocycles. The fourth-order valence-corrected chi connectivity index (χ4v) is 3.81. The number of carbonyl (C=O) groups is 1. The van der Waals surface area contributed by atoms with Crippen LogP contribution in [0.15, 0.2) is 70.3 Å². The Bertz CT molecular complexity index is 1400. The van der Waals surface area contributed by atoms with Crippen molar-refractivity contribution < 1.29 is 9.53 Å². The number of nitrogens with two attached hydrogens (primary N) is 1. The molecule has 152 valence electrons. The number of hydrogen-bond donors (Lipinski definition) is 1. The Labute approximate surface area is 171 Å². The van der Waals surface area contributed by atoms with Crippen molar-refractivity contribution in [3.63, 3.8) is 0 Å². The van der Waals surface area contributed by atoms with Gasteiger partial charge in [-0.05, 0) is 35.6 Å². The first-order chi connectivity index (χ1) is 14.4. The molecule has 7 nitrogen and oxygen atoms in total. The minimum absolute atomic E-state index is 0.302. The summed E-state index contributed by atoms with van der Waals surface area (Å²) >= 11 is 0. The quantitative estimate of drug-likeness (QED) is 0.525. The van der Waals surface area contributed by atoms with Crippen LogP contribution >= 0.6 is 0 Å². The third-order valence-electron chi connectivity index (χ3n) is 5.33. The first-order valence-corrected chi connectivity index (χ1v) is 9.49. The van der Waals surface area contributed by atoms with E-state index in [1.54, 1.807) is 28.8 Å². The molecular weight excluding hydrogens is 382 g/mol. The third kappa shape index (κ3) is 3.09. The van der Waals surface area contributed by atoms with Crippen molar-refractivity contribution in [2.75, 3.05) is 7.11 Å². The second kappa shape index (κ2) is 7.61. The lowest BCUT2D eigenvalue weighted by molar-refractivity contribution is -0.142. The molecule has 0 amide bonds. The van der Waals surface area contributed by atoms with Crippen LogP contribution in [0.25, 0.3) is 27.4 Å². The standard InChI is InChI=1S/C23H21N3O4/c1-25-21(27)17-8-3-4-11-20(17)26(23(25)29)19-12-6-9-15-14(7-5-10-16(15)19)13-18(24)22(28)30-2/h3-12,18H,13,24H2,1-2H3/t18-/m0/s1. The van der Waals surface area contributed by atoms with Crippen LogP contribution in [-0.2, 0) is 23.0 Å². The Kier molecular flexibility index (Phi) is 4.97. The minimum Gasteiger partial charge on any atom is -0.468 e. The molecule has 4 rings (SSSR count). The summed E-state index contributed by atoms with van der Waals surface area (Å²) in [5, 5.41) is 2.15. The molecule has 1 heterocycles. The minimum atomic E-state index is -0.787.